The Morgan fingerprint density at radius 1 is 0.882 bits per heavy atom. The van der Waals surface area contributed by atoms with Crippen LogP contribution in [-0.4, -0.2) is 55.7 Å². The van der Waals surface area contributed by atoms with Crippen molar-refractivity contribution in [1.82, 2.24) is 10.2 Å². The molecule has 1 unspecified atom stereocenters. The minimum absolute atomic E-state index is 0.0374. The quantitative estimate of drug-likeness (QED) is 0.635. The molecule has 1 fully saturated rings. The molecule has 0 aromatic heterocycles. The molecule has 1 saturated heterocycles. The van der Waals surface area contributed by atoms with Gasteiger partial charge in [0.25, 0.3) is 5.91 Å². The lowest BCUT2D eigenvalue weighted by atomic mass is 10.0. The first-order valence-corrected chi connectivity index (χ1v) is 11.5. The Hall–Kier alpha value is -4.00. The predicted octanol–water partition coefficient (Wildman–Crippen LogP) is 3.55. The van der Waals surface area contributed by atoms with Crippen LogP contribution >= 0.6 is 0 Å². The van der Waals surface area contributed by atoms with Crippen LogP contribution in [0.25, 0.3) is 11.1 Å². The molecule has 7 nitrogen and oxygen atoms in total. The summed E-state index contributed by atoms with van der Waals surface area (Å²) in [5.41, 5.74) is 3.98. The van der Waals surface area contributed by atoms with E-state index in [9.17, 15) is 9.59 Å². The number of carbonyl (C=O) groups is 2. The first-order chi connectivity index (χ1) is 16.6. The van der Waals surface area contributed by atoms with E-state index in [1.807, 2.05) is 29.2 Å². The highest BCUT2D eigenvalue weighted by atomic mass is 16.7. The number of fused-ring (bicyclic) bond motifs is 1. The maximum Gasteiger partial charge on any atom is 0.251 e. The van der Waals surface area contributed by atoms with Crippen LogP contribution in [0.2, 0.25) is 0 Å². The summed E-state index contributed by atoms with van der Waals surface area (Å²) >= 11 is 0. The predicted molar refractivity (Wildman–Crippen MR) is 130 cm³/mol. The van der Waals surface area contributed by atoms with Gasteiger partial charge >= 0.3 is 0 Å². The minimum atomic E-state index is -0.367. The van der Waals surface area contributed by atoms with Crippen LogP contribution in [0.3, 0.4) is 0 Å². The van der Waals surface area contributed by atoms with Crippen molar-refractivity contribution in [2.75, 3.05) is 37.6 Å². The van der Waals surface area contributed by atoms with Crippen LogP contribution in [0.5, 0.6) is 11.5 Å². The standard InChI is InChI=1S/C27H27N3O4/c1-19-33-24-12-11-21(17-25(24)34-19)27(32)28-18-26(31)30-15-13-29(14-16-30)23-10-6-5-9-22(23)20-7-3-2-4-8-20/h2-12,17,19H,13-16,18H2,1H3,(H,28,32). The topological polar surface area (TPSA) is 71.1 Å². The van der Waals surface area contributed by atoms with Gasteiger partial charge in [-0.3, -0.25) is 9.59 Å². The van der Waals surface area contributed by atoms with Gasteiger partial charge in [-0.2, -0.15) is 0 Å². The molecule has 0 spiro atoms. The molecule has 3 aromatic rings. The molecule has 0 radical (unpaired) electrons. The number of para-hydroxylation sites is 1. The van der Waals surface area contributed by atoms with E-state index in [1.165, 1.54) is 16.8 Å². The van der Waals surface area contributed by atoms with Crippen LogP contribution in [0.1, 0.15) is 17.3 Å². The van der Waals surface area contributed by atoms with Crippen molar-refractivity contribution >= 4 is 17.5 Å². The number of nitrogens with one attached hydrogen (secondary N) is 1. The first kappa shape index (κ1) is 21.8. The largest absolute Gasteiger partial charge is 0.451 e. The summed E-state index contributed by atoms with van der Waals surface area (Å²) in [6.45, 7) is 4.45. The Morgan fingerprint density at radius 3 is 2.38 bits per heavy atom. The summed E-state index contributed by atoms with van der Waals surface area (Å²) in [5, 5.41) is 2.73. The van der Waals surface area contributed by atoms with Gasteiger partial charge in [0, 0.05) is 49.9 Å². The van der Waals surface area contributed by atoms with E-state index in [1.54, 1.807) is 25.1 Å². The zero-order valence-corrected chi connectivity index (χ0v) is 19.1. The summed E-state index contributed by atoms with van der Waals surface area (Å²) in [6, 6.07) is 23.7. The molecule has 2 heterocycles. The van der Waals surface area contributed by atoms with Gasteiger partial charge in [0.1, 0.15) is 0 Å². The van der Waals surface area contributed by atoms with E-state index in [0.717, 1.165) is 13.1 Å². The Morgan fingerprint density at radius 2 is 1.59 bits per heavy atom. The number of benzene rings is 3. The van der Waals surface area contributed by atoms with E-state index < -0.39 is 0 Å². The number of carbonyl (C=O) groups excluding carboxylic acids is 2. The number of hydrogen-bond donors (Lipinski definition) is 1. The van der Waals surface area contributed by atoms with Gasteiger partial charge in [-0.25, -0.2) is 0 Å². The Kier molecular flexibility index (Phi) is 6.08. The van der Waals surface area contributed by atoms with Crippen LogP contribution in [0, 0.1) is 0 Å². The molecule has 0 bridgehead atoms. The van der Waals surface area contributed by atoms with E-state index in [4.69, 9.17) is 9.47 Å². The summed E-state index contributed by atoms with van der Waals surface area (Å²) in [4.78, 5) is 29.4. The van der Waals surface area contributed by atoms with Crippen LogP contribution < -0.4 is 19.7 Å². The second-order valence-electron chi connectivity index (χ2n) is 8.40. The minimum Gasteiger partial charge on any atom is -0.451 e. The second-order valence-corrected chi connectivity index (χ2v) is 8.40. The molecule has 7 heteroatoms. The average Bonchev–Trinajstić information content (AvgIpc) is 3.27. The van der Waals surface area contributed by atoms with Gasteiger partial charge in [-0.1, -0.05) is 48.5 Å². The number of nitrogens with zero attached hydrogens (tertiary/aromatic N) is 2. The molecule has 1 atom stereocenters. The molecule has 34 heavy (non-hydrogen) atoms. The van der Waals surface area contributed by atoms with Crippen molar-refractivity contribution in [3.05, 3.63) is 78.4 Å². The molecule has 5 rings (SSSR count). The smallest absolute Gasteiger partial charge is 0.251 e. The fourth-order valence-electron chi connectivity index (χ4n) is 4.40. The molecule has 3 aromatic carbocycles. The number of rotatable bonds is 5. The monoisotopic (exact) mass is 457 g/mol. The van der Waals surface area contributed by atoms with Crippen molar-refractivity contribution < 1.29 is 19.1 Å². The summed E-state index contributed by atoms with van der Waals surface area (Å²) in [6.07, 6.45) is -0.367. The fourth-order valence-corrected chi connectivity index (χ4v) is 4.40. The van der Waals surface area contributed by atoms with E-state index in [-0.39, 0.29) is 24.6 Å². The van der Waals surface area contributed by atoms with Crippen molar-refractivity contribution in [2.45, 2.75) is 13.2 Å². The first-order valence-electron chi connectivity index (χ1n) is 11.5. The molecule has 2 aliphatic heterocycles. The zero-order chi connectivity index (χ0) is 23.5. The average molecular weight is 458 g/mol. The summed E-state index contributed by atoms with van der Waals surface area (Å²) in [5.74, 6) is 0.763. The maximum atomic E-state index is 12.7. The highest BCUT2D eigenvalue weighted by Gasteiger charge is 2.24. The van der Waals surface area contributed by atoms with Gasteiger partial charge in [0.15, 0.2) is 11.5 Å². The van der Waals surface area contributed by atoms with E-state index in [0.29, 0.717) is 30.2 Å². The third kappa shape index (κ3) is 4.55. The van der Waals surface area contributed by atoms with Crippen molar-refractivity contribution in [2.24, 2.45) is 0 Å². The highest BCUT2D eigenvalue weighted by molar-refractivity contribution is 5.97. The molecule has 0 saturated carbocycles. The van der Waals surface area contributed by atoms with Crippen LogP contribution in [-0.2, 0) is 4.79 Å². The SMILES string of the molecule is CC1Oc2ccc(C(=O)NCC(=O)N3CCN(c4ccccc4-c4ccccc4)CC3)cc2O1. The molecule has 0 aliphatic carbocycles. The number of ether oxygens (including phenoxy) is 2. The number of piperazine rings is 1. The van der Waals surface area contributed by atoms with Crippen molar-refractivity contribution in [1.29, 1.82) is 0 Å². The second kappa shape index (κ2) is 9.47. The highest BCUT2D eigenvalue weighted by Crippen LogP contribution is 2.35. The molecule has 174 valence electrons. The van der Waals surface area contributed by atoms with Crippen LogP contribution in [0.15, 0.2) is 72.8 Å². The lowest BCUT2D eigenvalue weighted by Crippen LogP contribution is -2.51. The van der Waals surface area contributed by atoms with Crippen LogP contribution in [0.4, 0.5) is 5.69 Å². The van der Waals surface area contributed by atoms with Crippen molar-refractivity contribution in [3.63, 3.8) is 0 Å². The third-order valence-electron chi connectivity index (χ3n) is 6.15. The summed E-state index contributed by atoms with van der Waals surface area (Å²) < 4.78 is 11.0. The normalized spacial score (nSPS) is 16.9. The van der Waals surface area contributed by atoms with Gasteiger partial charge in [0.05, 0.1) is 6.54 Å². The molecule has 1 N–H and O–H groups in total. The van der Waals surface area contributed by atoms with Crippen molar-refractivity contribution in [3.8, 4) is 22.6 Å². The maximum absolute atomic E-state index is 12.7. The molecular weight excluding hydrogens is 430 g/mol. The number of anilines is 1. The zero-order valence-electron chi connectivity index (χ0n) is 19.1. The Bertz CT molecular complexity index is 1190. The Labute approximate surface area is 198 Å². The van der Waals surface area contributed by atoms with Gasteiger partial charge in [-0.15, -0.1) is 0 Å². The Balaban J connectivity index is 1.16. The fraction of sp³-hybridized carbons (Fsp3) is 0.259. The third-order valence-corrected chi connectivity index (χ3v) is 6.15. The van der Waals surface area contributed by atoms with E-state index in [2.05, 4.69) is 40.5 Å². The number of amides is 2. The molecule has 2 aliphatic rings. The molecule has 2 amide bonds. The van der Waals surface area contributed by atoms with E-state index >= 15 is 0 Å². The summed E-state index contributed by atoms with van der Waals surface area (Å²) in [7, 11) is 0. The van der Waals surface area contributed by atoms with Gasteiger partial charge in [0.2, 0.25) is 12.2 Å². The lowest BCUT2D eigenvalue weighted by Gasteiger charge is -2.37. The molecular formula is C27H27N3O4. The lowest BCUT2D eigenvalue weighted by molar-refractivity contribution is -0.130. The van der Waals surface area contributed by atoms with Gasteiger partial charge < -0.3 is 24.6 Å². The number of hydrogen-bond acceptors (Lipinski definition) is 5. The van der Waals surface area contributed by atoms with Gasteiger partial charge in [-0.05, 0) is 29.8 Å².